The number of aryl methyl sites for hydroxylation is 1. The summed E-state index contributed by atoms with van der Waals surface area (Å²) >= 11 is 0. The van der Waals surface area contributed by atoms with E-state index in [4.69, 9.17) is 9.47 Å². The Morgan fingerprint density at radius 1 is 1.11 bits per heavy atom. The smallest absolute Gasteiger partial charge is 0.274 e. The number of H-pyrrole nitrogens is 1. The van der Waals surface area contributed by atoms with Crippen molar-refractivity contribution in [3.8, 4) is 11.5 Å². The van der Waals surface area contributed by atoms with Gasteiger partial charge in [-0.1, -0.05) is 0 Å². The number of piperazine rings is 1. The first-order valence-electron chi connectivity index (χ1n) is 8.40. The number of amides is 1. The molecule has 1 aliphatic heterocycles. The highest BCUT2D eigenvalue weighted by Crippen LogP contribution is 2.31. The van der Waals surface area contributed by atoms with Crippen molar-refractivity contribution in [1.29, 1.82) is 0 Å². The van der Waals surface area contributed by atoms with Crippen LogP contribution in [-0.2, 0) is 10.0 Å². The van der Waals surface area contributed by atoms with Gasteiger partial charge >= 0.3 is 0 Å². The van der Waals surface area contributed by atoms with Crippen molar-refractivity contribution in [3.05, 3.63) is 35.7 Å². The van der Waals surface area contributed by atoms with E-state index in [-0.39, 0.29) is 29.6 Å². The van der Waals surface area contributed by atoms with Gasteiger partial charge in [-0.05, 0) is 25.1 Å². The number of hydrogen-bond donors (Lipinski definition) is 1. The summed E-state index contributed by atoms with van der Waals surface area (Å²) in [5, 5.41) is 6.71. The molecule has 0 bridgehead atoms. The molecule has 1 aliphatic rings. The Labute approximate surface area is 157 Å². The number of carbonyl (C=O) groups excluding carboxylic acids is 1. The topological polar surface area (TPSA) is 105 Å². The second-order valence-electron chi connectivity index (χ2n) is 6.15. The number of methoxy groups -OCH3 is 2. The number of nitrogens with zero attached hydrogens (tertiary/aromatic N) is 3. The van der Waals surface area contributed by atoms with E-state index in [0.29, 0.717) is 24.5 Å². The lowest BCUT2D eigenvalue weighted by Gasteiger charge is -2.33. The zero-order chi connectivity index (χ0) is 19.6. The molecule has 0 unspecified atom stereocenters. The second kappa shape index (κ2) is 7.57. The van der Waals surface area contributed by atoms with Crippen LogP contribution in [0.4, 0.5) is 0 Å². The summed E-state index contributed by atoms with van der Waals surface area (Å²) < 4.78 is 37.7. The minimum Gasteiger partial charge on any atom is -0.497 e. The van der Waals surface area contributed by atoms with Crippen LogP contribution in [0.2, 0.25) is 0 Å². The molecule has 146 valence electrons. The van der Waals surface area contributed by atoms with E-state index in [1.165, 1.54) is 30.7 Å². The predicted molar refractivity (Wildman–Crippen MR) is 97.5 cm³/mol. The first kappa shape index (κ1) is 19.2. The van der Waals surface area contributed by atoms with Crippen molar-refractivity contribution in [2.24, 2.45) is 0 Å². The van der Waals surface area contributed by atoms with E-state index in [2.05, 4.69) is 10.2 Å². The quantitative estimate of drug-likeness (QED) is 0.807. The van der Waals surface area contributed by atoms with Gasteiger partial charge in [0.05, 0.1) is 14.2 Å². The predicted octanol–water partition coefficient (Wildman–Crippen LogP) is 0.882. The summed E-state index contributed by atoms with van der Waals surface area (Å²) in [5.74, 6) is 0.522. The summed E-state index contributed by atoms with van der Waals surface area (Å²) in [4.78, 5) is 14.1. The summed E-state index contributed by atoms with van der Waals surface area (Å²) in [5.41, 5.74) is 1.13. The molecular weight excluding hydrogens is 372 g/mol. The maximum Gasteiger partial charge on any atom is 0.274 e. The van der Waals surface area contributed by atoms with Gasteiger partial charge in [-0.25, -0.2) is 8.42 Å². The van der Waals surface area contributed by atoms with Crippen LogP contribution in [0.5, 0.6) is 11.5 Å². The molecule has 0 atom stereocenters. The standard InChI is InChI=1S/C17H22N4O5S/c1-12-10-14(19-18-12)17(22)20-6-8-21(9-7-20)27(23,24)16-5-4-13(25-2)11-15(16)26-3/h4-5,10-11H,6-9H2,1-3H3,(H,18,19). The second-order valence-corrected chi connectivity index (χ2v) is 8.06. The Hall–Kier alpha value is -2.59. The van der Waals surface area contributed by atoms with Crippen molar-refractivity contribution >= 4 is 15.9 Å². The van der Waals surface area contributed by atoms with Gasteiger partial charge in [-0.2, -0.15) is 9.40 Å². The van der Waals surface area contributed by atoms with E-state index in [0.717, 1.165) is 5.69 Å². The Kier molecular flexibility index (Phi) is 5.38. The molecule has 1 aromatic heterocycles. The van der Waals surface area contributed by atoms with Gasteiger partial charge in [0.15, 0.2) is 0 Å². The van der Waals surface area contributed by atoms with Crippen LogP contribution in [0.1, 0.15) is 16.2 Å². The van der Waals surface area contributed by atoms with E-state index >= 15 is 0 Å². The Morgan fingerprint density at radius 3 is 2.37 bits per heavy atom. The fraction of sp³-hybridized carbons (Fsp3) is 0.412. The molecular formula is C17H22N4O5S. The number of nitrogens with one attached hydrogen (secondary N) is 1. The van der Waals surface area contributed by atoms with Crippen molar-refractivity contribution < 1.29 is 22.7 Å². The van der Waals surface area contributed by atoms with Gasteiger partial charge in [0.1, 0.15) is 22.1 Å². The zero-order valence-corrected chi connectivity index (χ0v) is 16.2. The van der Waals surface area contributed by atoms with E-state index in [1.54, 1.807) is 17.0 Å². The largest absolute Gasteiger partial charge is 0.497 e. The van der Waals surface area contributed by atoms with Crippen LogP contribution in [-0.4, -0.2) is 74.1 Å². The first-order valence-corrected chi connectivity index (χ1v) is 9.84. The molecule has 3 rings (SSSR count). The Bertz CT molecular complexity index is 933. The maximum atomic E-state index is 13.0. The van der Waals surface area contributed by atoms with E-state index in [1.807, 2.05) is 6.92 Å². The Morgan fingerprint density at radius 2 is 1.81 bits per heavy atom. The molecule has 10 heteroatoms. The van der Waals surface area contributed by atoms with Gasteiger partial charge in [0, 0.05) is 37.9 Å². The highest BCUT2D eigenvalue weighted by Gasteiger charge is 2.33. The molecule has 2 aromatic rings. The molecule has 0 spiro atoms. The van der Waals surface area contributed by atoms with Crippen LogP contribution in [0.25, 0.3) is 0 Å². The van der Waals surface area contributed by atoms with Crippen LogP contribution >= 0.6 is 0 Å². The average molecular weight is 394 g/mol. The molecule has 27 heavy (non-hydrogen) atoms. The molecule has 1 fully saturated rings. The number of carbonyl (C=O) groups is 1. The van der Waals surface area contributed by atoms with Crippen molar-refractivity contribution in [2.45, 2.75) is 11.8 Å². The van der Waals surface area contributed by atoms with Gasteiger partial charge in [0.25, 0.3) is 5.91 Å². The number of ether oxygens (including phenoxy) is 2. The van der Waals surface area contributed by atoms with Crippen LogP contribution in [0, 0.1) is 6.92 Å². The van der Waals surface area contributed by atoms with Gasteiger partial charge < -0.3 is 14.4 Å². The molecule has 1 N–H and O–H groups in total. The monoisotopic (exact) mass is 394 g/mol. The molecule has 0 aliphatic carbocycles. The number of aromatic nitrogens is 2. The highest BCUT2D eigenvalue weighted by molar-refractivity contribution is 7.89. The van der Waals surface area contributed by atoms with Gasteiger partial charge in [-0.3, -0.25) is 9.89 Å². The minimum absolute atomic E-state index is 0.0773. The fourth-order valence-corrected chi connectivity index (χ4v) is 4.51. The van der Waals surface area contributed by atoms with E-state index in [9.17, 15) is 13.2 Å². The summed E-state index contributed by atoms with van der Waals surface area (Å²) in [6, 6.07) is 6.26. The fourth-order valence-electron chi connectivity index (χ4n) is 2.95. The average Bonchev–Trinajstić information content (AvgIpc) is 3.13. The molecule has 1 amide bonds. The number of aromatic amines is 1. The molecule has 9 nitrogen and oxygen atoms in total. The lowest BCUT2D eigenvalue weighted by molar-refractivity contribution is 0.0692. The van der Waals surface area contributed by atoms with Crippen molar-refractivity contribution in [3.63, 3.8) is 0 Å². The summed E-state index contributed by atoms with van der Waals surface area (Å²) in [7, 11) is -0.833. The Balaban J connectivity index is 1.74. The maximum absolute atomic E-state index is 13.0. The number of benzene rings is 1. The van der Waals surface area contributed by atoms with Crippen LogP contribution < -0.4 is 9.47 Å². The molecule has 1 saturated heterocycles. The van der Waals surface area contributed by atoms with Crippen LogP contribution in [0.3, 0.4) is 0 Å². The normalized spacial score (nSPS) is 15.6. The van der Waals surface area contributed by atoms with Gasteiger partial charge in [0.2, 0.25) is 10.0 Å². The number of hydrogen-bond acceptors (Lipinski definition) is 6. The van der Waals surface area contributed by atoms with E-state index < -0.39 is 10.0 Å². The van der Waals surface area contributed by atoms with Gasteiger partial charge in [-0.15, -0.1) is 0 Å². The minimum atomic E-state index is -3.75. The first-order chi connectivity index (χ1) is 12.9. The summed E-state index contributed by atoms with van der Waals surface area (Å²) in [6.45, 7) is 2.81. The zero-order valence-electron chi connectivity index (χ0n) is 15.4. The number of rotatable bonds is 5. The lowest BCUT2D eigenvalue weighted by atomic mass is 10.3. The van der Waals surface area contributed by atoms with Crippen molar-refractivity contribution in [1.82, 2.24) is 19.4 Å². The van der Waals surface area contributed by atoms with Crippen molar-refractivity contribution in [2.75, 3.05) is 40.4 Å². The third-order valence-corrected chi connectivity index (χ3v) is 6.38. The SMILES string of the molecule is COc1ccc(S(=O)(=O)N2CCN(C(=O)c3cc(C)[nH]n3)CC2)c(OC)c1. The molecule has 2 heterocycles. The summed E-state index contributed by atoms with van der Waals surface area (Å²) in [6.07, 6.45) is 0. The highest BCUT2D eigenvalue weighted by atomic mass is 32.2. The third-order valence-electron chi connectivity index (χ3n) is 4.44. The lowest BCUT2D eigenvalue weighted by Crippen LogP contribution is -2.50. The molecule has 1 aromatic carbocycles. The third kappa shape index (κ3) is 3.76. The number of sulfonamides is 1. The van der Waals surface area contributed by atoms with Crippen LogP contribution in [0.15, 0.2) is 29.2 Å². The molecule has 0 saturated carbocycles. The molecule has 0 radical (unpaired) electrons.